The van der Waals surface area contributed by atoms with Crippen molar-refractivity contribution in [1.82, 2.24) is 9.55 Å². The molecule has 8 heteroatoms. The Morgan fingerprint density at radius 2 is 2.16 bits per heavy atom. The van der Waals surface area contributed by atoms with Gasteiger partial charge in [-0.2, -0.15) is 4.98 Å². The maximum absolute atomic E-state index is 12.5. The predicted octanol–water partition coefficient (Wildman–Crippen LogP) is 1.78. The molecule has 0 radical (unpaired) electrons. The molecule has 1 fully saturated rings. The molecule has 0 bridgehead atoms. The number of methoxy groups -OCH3 is 1. The lowest BCUT2D eigenvalue weighted by molar-refractivity contribution is -0.0543. The number of hydrogen-bond donors (Lipinski definition) is 2. The van der Waals surface area contributed by atoms with Gasteiger partial charge in [0, 0.05) is 7.11 Å². The molecule has 2 aliphatic heterocycles. The quantitative estimate of drug-likeness (QED) is 0.747. The first-order valence-corrected chi connectivity index (χ1v) is 8.15. The minimum absolute atomic E-state index is 0.347. The summed E-state index contributed by atoms with van der Waals surface area (Å²) < 4.78 is 18.3. The number of anilines is 2. The van der Waals surface area contributed by atoms with Crippen LogP contribution < -0.4 is 15.7 Å². The number of aliphatic hydroxyl groups is 1. The molecule has 8 nitrogen and oxygen atoms in total. The average Bonchev–Trinajstić information content (AvgIpc) is 2.95. The number of nitrogens with zero attached hydrogens (tertiary/aromatic N) is 2. The monoisotopic (exact) mass is 345 g/mol. The summed E-state index contributed by atoms with van der Waals surface area (Å²) >= 11 is 0. The number of hydrogen-bond acceptors (Lipinski definition) is 7. The normalized spacial score (nSPS) is 27.2. The molecular weight excluding hydrogens is 326 g/mol. The van der Waals surface area contributed by atoms with E-state index in [-0.39, 0.29) is 0 Å². The van der Waals surface area contributed by atoms with Gasteiger partial charge in [-0.25, -0.2) is 4.79 Å². The Morgan fingerprint density at radius 3 is 2.92 bits per heavy atom. The van der Waals surface area contributed by atoms with E-state index in [0.717, 1.165) is 5.69 Å². The highest BCUT2D eigenvalue weighted by Crippen LogP contribution is 2.40. The molecule has 1 aromatic heterocycles. The van der Waals surface area contributed by atoms with Crippen molar-refractivity contribution in [1.29, 1.82) is 0 Å². The van der Waals surface area contributed by atoms with Crippen LogP contribution in [0.15, 0.2) is 35.3 Å². The van der Waals surface area contributed by atoms with Gasteiger partial charge in [0.25, 0.3) is 0 Å². The molecule has 1 aromatic carbocycles. The molecule has 0 amide bonds. The van der Waals surface area contributed by atoms with Gasteiger partial charge < -0.3 is 24.6 Å². The minimum Gasteiger partial charge on any atom is -0.450 e. The van der Waals surface area contributed by atoms with Gasteiger partial charge in [-0.05, 0) is 18.6 Å². The number of benzene rings is 1. The Morgan fingerprint density at radius 1 is 1.36 bits per heavy atom. The van der Waals surface area contributed by atoms with E-state index in [0.29, 0.717) is 23.7 Å². The van der Waals surface area contributed by atoms with Crippen molar-refractivity contribution in [2.45, 2.75) is 37.9 Å². The van der Waals surface area contributed by atoms with Crippen LogP contribution in [0, 0.1) is 0 Å². The molecule has 2 aliphatic rings. The predicted molar refractivity (Wildman–Crippen MR) is 89.3 cm³/mol. The van der Waals surface area contributed by atoms with Crippen LogP contribution >= 0.6 is 0 Å². The van der Waals surface area contributed by atoms with Crippen LogP contribution in [0.1, 0.15) is 19.6 Å². The van der Waals surface area contributed by atoms with E-state index in [9.17, 15) is 9.90 Å². The molecule has 4 rings (SSSR count). The standard InChI is InChI=1S/C17H19N3O5/c1-3-10-13(21)14(23-2)16(25-10)20-8-12-15(19-17(20)22)18-9-6-4-5-7-11(9)24-12/h4-8,10,13-14,16,21H,3H2,1-2H3,(H,18,19,22)/t10-,13+,14?,16-/m1/s1. The maximum Gasteiger partial charge on any atom is 0.351 e. The summed E-state index contributed by atoms with van der Waals surface area (Å²) in [6.45, 7) is 1.90. The Balaban J connectivity index is 1.72. The fourth-order valence-corrected chi connectivity index (χ4v) is 3.24. The molecule has 4 atom stereocenters. The summed E-state index contributed by atoms with van der Waals surface area (Å²) in [5, 5.41) is 13.4. The van der Waals surface area contributed by atoms with E-state index in [1.165, 1.54) is 17.9 Å². The van der Waals surface area contributed by atoms with Crippen molar-refractivity contribution in [3.63, 3.8) is 0 Å². The van der Waals surface area contributed by atoms with E-state index in [2.05, 4.69) is 10.3 Å². The Labute approximate surface area is 144 Å². The fourth-order valence-electron chi connectivity index (χ4n) is 3.24. The largest absolute Gasteiger partial charge is 0.450 e. The third kappa shape index (κ3) is 2.58. The highest BCUT2D eigenvalue weighted by atomic mass is 16.6. The summed E-state index contributed by atoms with van der Waals surface area (Å²) in [6.07, 6.45) is -0.506. The number of aliphatic hydroxyl groups excluding tert-OH is 1. The molecule has 1 saturated heterocycles. The smallest absolute Gasteiger partial charge is 0.351 e. The third-order valence-corrected chi connectivity index (χ3v) is 4.54. The van der Waals surface area contributed by atoms with E-state index in [4.69, 9.17) is 14.2 Å². The average molecular weight is 345 g/mol. The zero-order chi connectivity index (χ0) is 17.6. The lowest BCUT2D eigenvalue weighted by Gasteiger charge is -2.24. The molecule has 25 heavy (non-hydrogen) atoms. The first-order valence-electron chi connectivity index (χ1n) is 8.15. The molecule has 3 heterocycles. The highest BCUT2D eigenvalue weighted by molar-refractivity contribution is 5.72. The van der Waals surface area contributed by atoms with E-state index in [1.807, 2.05) is 31.2 Å². The topological polar surface area (TPSA) is 94.8 Å². The number of ether oxygens (including phenoxy) is 3. The summed E-state index contributed by atoms with van der Waals surface area (Å²) in [6, 6.07) is 7.39. The fraction of sp³-hybridized carbons (Fsp3) is 0.412. The zero-order valence-corrected chi connectivity index (χ0v) is 13.9. The first-order chi connectivity index (χ1) is 12.1. The summed E-state index contributed by atoms with van der Waals surface area (Å²) in [7, 11) is 1.48. The van der Waals surface area contributed by atoms with Gasteiger partial charge in [-0.3, -0.25) is 4.57 Å². The number of aromatic nitrogens is 2. The number of para-hydroxylation sites is 2. The molecule has 2 N–H and O–H groups in total. The molecule has 0 aliphatic carbocycles. The van der Waals surface area contributed by atoms with Crippen molar-refractivity contribution in [2.24, 2.45) is 0 Å². The maximum atomic E-state index is 12.5. The highest BCUT2D eigenvalue weighted by Gasteiger charge is 2.44. The second-order valence-electron chi connectivity index (χ2n) is 6.03. The van der Waals surface area contributed by atoms with Crippen LogP contribution in [0.25, 0.3) is 0 Å². The molecule has 2 aromatic rings. The molecular formula is C17H19N3O5. The van der Waals surface area contributed by atoms with E-state index >= 15 is 0 Å². The van der Waals surface area contributed by atoms with Gasteiger partial charge in [0.1, 0.15) is 12.2 Å². The second kappa shape index (κ2) is 6.14. The molecule has 1 unspecified atom stereocenters. The van der Waals surface area contributed by atoms with Crippen LogP contribution in [-0.4, -0.2) is 40.1 Å². The Kier molecular flexibility index (Phi) is 3.95. The Bertz CT molecular complexity index is 852. The lowest BCUT2D eigenvalue weighted by Crippen LogP contribution is -2.37. The van der Waals surface area contributed by atoms with Gasteiger partial charge in [0.05, 0.1) is 18.0 Å². The van der Waals surface area contributed by atoms with Crippen molar-refractivity contribution >= 4 is 11.5 Å². The van der Waals surface area contributed by atoms with Gasteiger partial charge in [0.2, 0.25) is 0 Å². The Hall–Kier alpha value is -2.42. The molecule has 132 valence electrons. The van der Waals surface area contributed by atoms with Gasteiger partial charge in [0.15, 0.2) is 23.5 Å². The minimum atomic E-state index is -0.817. The van der Waals surface area contributed by atoms with Gasteiger partial charge in [-0.15, -0.1) is 0 Å². The third-order valence-electron chi connectivity index (χ3n) is 4.54. The molecule has 0 saturated carbocycles. The van der Waals surface area contributed by atoms with Crippen molar-refractivity contribution < 1.29 is 19.3 Å². The van der Waals surface area contributed by atoms with Gasteiger partial charge >= 0.3 is 5.69 Å². The number of fused-ring (bicyclic) bond motifs is 2. The zero-order valence-electron chi connectivity index (χ0n) is 13.9. The molecule has 0 spiro atoms. The summed E-state index contributed by atoms with van der Waals surface area (Å²) in [5.74, 6) is 1.40. The van der Waals surface area contributed by atoms with E-state index < -0.39 is 30.2 Å². The van der Waals surface area contributed by atoms with Crippen LogP contribution in [0.2, 0.25) is 0 Å². The van der Waals surface area contributed by atoms with Crippen LogP contribution in [0.5, 0.6) is 11.5 Å². The number of nitrogens with one attached hydrogen (secondary N) is 1. The van der Waals surface area contributed by atoms with Crippen LogP contribution in [0.4, 0.5) is 11.5 Å². The summed E-state index contributed by atoms with van der Waals surface area (Å²) in [4.78, 5) is 16.5. The van der Waals surface area contributed by atoms with Crippen LogP contribution in [0.3, 0.4) is 0 Å². The van der Waals surface area contributed by atoms with Crippen molar-refractivity contribution in [3.05, 3.63) is 40.9 Å². The number of rotatable bonds is 3. The second-order valence-corrected chi connectivity index (χ2v) is 6.03. The SMILES string of the molecule is CC[C@H]1O[C@@H](n2cc3c(nc2=O)Nc2ccccc2O3)C(OC)[C@H]1O. The first kappa shape index (κ1) is 16.1. The van der Waals surface area contributed by atoms with Crippen molar-refractivity contribution in [3.8, 4) is 11.5 Å². The lowest BCUT2D eigenvalue weighted by atomic mass is 10.1. The van der Waals surface area contributed by atoms with Gasteiger partial charge in [-0.1, -0.05) is 19.1 Å². The summed E-state index contributed by atoms with van der Waals surface area (Å²) in [5.41, 5.74) is 0.234. The van der Waals surface area contributed by atoms with Crippen LogP contribution in [-0.2, 0) is 9.47 Å². The van der Waals surface area contributed by atoms with E-state index in [1.54, 1.807) is 0 Å². The van der Waals surface area contributed by atoms with Crippen molar-refractivity contribution in [2.75, 3.05) is 12.4 Å².